The Morgan fingerprint density at radius 1 is 1.52 bits per heavy atom. The van der Waals surface area contributed by atoms with Gasteiger partial charge in [0.15, 0.2) is 0 Å². The van der Waals surface area contributed by atoms with E-state index < -0.39 is 11.6 Å². The van der Waals surface area contributed by atoms with Crippen LogP contribution in [0.4, 0.5) is 4.39 Å². The van der Waals surface area contributed by atoms with Crippen molar-refractivity contribution >= 4 is 5.91 Å². The number of hydrogen-bond donors (Lipinski definition) is 1. The average molecular weight is 322 g/mol. The first-order chi connectivity index (χ1) is 11.0. The second-order valence-corrected chi connectivity index (χ2v) is 7.03. The van der Waals surface area contributed by atoms with Crippen LogP contribution in [0, 0.1) is 12.8 Å². The van der Waals surface area contributed by atoms with Crippen LogP contribution < -0.4 is 5.32 Å². The Bertz CT molecular complexity index is 569. The first-order valence-electron chi connectivity index (χ1n) is 8.72. The maximum Gasteiger partial charge on any atom is 0.259 e. The number of amides is 1. The van der Waals surface area contributed by atoms with Gasteiger partial charge in [0.25, 0.3) is 5.91 Å². The molecule has 0 radical (unpaired) electrons. The summed E-state index contributed by atoms with van der Waals surface area (Å²) in [5.41, 5.74) is 0.358. The first-order valence-corrected chi connectivity index (χ1v) is 8.72. The van der Waals surface area contributed by atoms with Crippen molar-refractivity contribution in [3.63, 3.8) is 0 Å². The number of piperidine rings is 1. The second kappa shape index (κ2) is 6.59. The molecular weight excluding hydrogens is 295 g/mol. The minimum Gasteiger partial charge on any atom is -0.353 e. The highest BCUT2D eigenvalue weighted by Crippen LogP contribution is 2.30. The van der Waals surface area contributed by atoms with E-state index in [1.54, 1.807) is 0 Å². The lowest BCUT2D eigenvalue weighted by Gasteiger charge is -2.36. The number of carbonyl (C=O) groups excluding carboxylic acids is 1. The van der Waals surface area contributed by atoms with Crippen LogP contribution in [0.1, 0.15) is 43.9 Å². The molecule has 0 aromatic carbocycles. The topological polar surface area (TPSA) is 50.2 Å². The van der Waals surface area contributed by atoms with Crippen LogP contribution in [0.3, 0.4) is 0 Å². The monoisotopic (exact) mass is 322 g/mol. The fourth-order valence-corrected chi connectivity index (χ4v) is 3.25. The highest BCUT2D eigenvalue weighted by atomic mass is 19.1. The molecule has 2 fully saturated rings. The van der Waals surface area contributed by atoms with Gasteiger partial charge in [-0.2, -0.15) is 5.10 Å². The van der Waals surface area contributed by atoms with E-state index in [0.29, 0.717) is 31.8 Å². The lowest BCUT2D eigenvalue weighted by molar-refractivity contribution is -0.136. The molecule has 1 aromatic rings. The summed E-state index contributed by atoms with van der Waals surface area (Å²) in [4.78, 5) is 14.3. The van der Waals surface area contributed by atoms with Crippen LogP contribution in [0.5, 0.6) is 0 Å². The van der Waals surface area contributed by atoms with E-state index in [1.165, 1.54) is 0 Å². The lowest BCUT2D eigenvalue weighted by Crippen LogP contribution is -2.54. The molecule has 6 heteroatoms. The van der Waals surface area contributed by atoms with E-state index in [9.17, 15) is 4.79 Å². The molecule has 5 nitrogen and oxygen atoms in total. The number of rotatable bonds is 6. The molecular formula is C17H27FN4O. The van der Waals surface area contributed by atoms with E-state index in [4.69, 9.17) is 0 Å². The Hall–Kier alpha value is -1.43. The van der Waals surface area contributed by atoms with Gasteiger partial charge in [-0.25, -0.2) is 4.39 Å². The Labute approximate surface area is 137 Å². The predicted molar refractivity (Wildman–Crippen MR) is 86.7 cm³/mol. The predicted octanol–water partition coefficient (Wildman–Crippen LogP) is 2.04. The van der Waals surface area contributed by atoms with Crippen molar-refractivity contribution in [3.8, 4) is 0 Å². The number of hydrogen-bond acceptors (Lipinski definition) is 3. The van der Waals surface area contributed by atoms with Gasteiger partial charge in [-0.3, -0.25) is 14.4 Å². The van der Waals surface area contributed by atoms with Crippen LogP contribution in [-0.4, -0.2) is 45.9 Å². The van der Waals surface area contributed by atoms with E-state index in [2.05, 4.69) is 10.4 Å². The minimum absolute atomic E-state index is 0.181. The summed E-state index contributed by atoms with van der Waals surface area (Å²) in [6.45, 7) is 7.17. The maximum atomic E-state index is 15.1. The zero-order valence-electron chi connectivity index (χ0n) is 14.1. The number of nitrogens with one attached hydrogen (secondary N) is 1. The molecule has 1 aliphatic carbocycles. The van der Waals surface area contributed by atoms with Gasteiger partial charge in [-0.1, -0.05) is 0 Å². The molecule has 1 saturated heterocycles. The van der Waals surface area contributed by atoms with Crippen LogP contribution in [-0.2, 0) is 17.9 Å². The Morgan fingerprint density at radius 2 is 2.30 bits per heavy atom. The largest absolute Gasteiger partial charge is 0.353 e. The van der Waals surface area contributed by atoms with Crippen LogP contribution in [0.2, 0.25) is 0 Å². The molecule has 1 amide bonds. The summed E-state index contributed by atoms with van der Waals surface area (Å²) in [7, 11) is 0. The van der Waals surface area contributed by atoms with Crippen molar-refractivity contribution < 1.29 is 9.18 Å². The number of aryl methyl sites for hydroxylation is 2. The zero-order valence-corrected chi connectivity index (χ0v) is 14.1. The summed E-state index contributed by atoms with van der Waals surface area (Å²) < 4.78 is 17.0. The molecule has 0 unspecified atom stereocenters. The van der Waals surface area contributed by atoms with Crippen molar-refractivity contribution in [1.82, 2.24) is 20.0 Å². The fourth-order valence-electron chi connectivity index (χ4n) is 3.25. The molecule has 2 heterocycles. The number of likely N-dealkylation sites (tertiary alicyclic amines) is 1. The van der Waals surface area contributed by atoms with Crippen molar-refractivity contribution in [3.05, 3.63) is 17.5 Å². The van der Waals surface area contributed by atoms with E-state index in [-0.39, 0.29) is 6.54 Å². The standard InChI is InChI=1S/C17H27FN4O/c1-3-22-11-15(13(2)20-22)10-21-8-4-7-17(18,12-21)16(23)19-9-14-5-6-14/h11,14H,3-10,12H2,1-2H3,(H,19,23)/t17-/m0/s1. The van der Waals surface area contributed by atoms with Gasteiger partial charge in [0.05, 0.1) is 5.69 Å². The molecule has 3 rings (SSSR count). The van der Waals surface area contributed by atoms with Crippen molar-refractivity contribution in [2.45, 2.75) is 58.3 Å². The molecule has 1 N–H and O–H groups in total. The number of carbonyl (C=O) groups is 1. The number of nitrogens with zero attached hydrogens (tertiary/aromatic N) is 3. The molecule has 128 valence electrons. The van der Waals surface area contributed by atoms with Crippen LogP contribution in [0.15, 0.2) is 6.20 Å². The van der Waals surface area contributed by atoms with Gasteiger partial charge in [0.2, 0.25) is 5.67 Å². The zero-order chi connectivity index (χ0) is 16.4. The Balaban J connectivity index is 1.59. The Kier molecular flexibility index (Phi) is 4.71. The third kappa shape index (κ3) is 3.91. The molecule has 23 heavy (non-hydrogen) atoms. The van der Waals surface area contributed by atoms with Crippen molar-refractivity contribution in [1.29, 1.82) is 0 Å². The third-order valence-corrected chi connectivity index (χ3v) is 4.94. The number of alkyl halides is 1. The lowest BCUT2D eigenvalue weighted by atomic mass is 9.93. The van der Waals surface area contributed by atoms with Crippen LogP contribution in [0.25, 0.3) is 0 Å². The summed E-state index contributed by atoms with van der Waals surface area (Å²) in [6, 6.07) is 0. The quantitative estimate of drug-likeness (QED) is 0.872. The first kappa shape index (κ1) is 16.4. The summed E-state index contributed by atoms with van der Waals surface area (Å²) in [6.07, 6.45) is 5.39. The van der Waals surface area contributed by atoms with Gasteiger partial charge in [0.1, 0.15) is 0 Å². The Morgan fingerprint density at radius 3 is 2.96 bits per heavy atom. The maximum absolute atomic E-state index is 15.1. The molecule has 1 saturated carbocycles. The minimum atomic E-state index is -1.75. The summed E-state index contributed by atoms with van der Waals surface area (Å²) >= 11 is 0. The average Bonchev–Trinajstić information content (AvgIpc) is 3.29. The van der Waals surface area contributed by atoms with Gasteiger partial charge < -0.3 is 5.32 Å². The SMILES string of the molecule is CCn1cc(CN2CCC[C@@](F)(C(=O)NCC3CC3)C2)c(C)n1. The molecule has 1 aromatic heterocycles. The molecule has 2 aliphatic rings. The summed E-state index contributed by atoms with van der Waals surface area (Å²) in [5.74, 6) is 0.153. The number of aromatic nitrogens is 2. The summed E-state index contributed by atoms with van der Waals surface area (Å²) in [5, 5.41) is 7.25. The second-order valence-electron chi connectivity index (χ2n) is 7.03. The van der Waals surface area contributed by atoms with E-state index in [1.807, 2.05) is 29.6 Å². The molecule has 1 atom stereocenters. The highest BCUT2D eigenvalue weighted by molar-refractivity contribution is 5.85. The molecule has 0 spiro atoms. The highest BCUT2D eigenvalue weighted by Gasteiger charge is 2.43. The molecule has 0 bridgehead atoms. The van der Waals surface area contributed by atoms with Gasteiger partial charge in [-0.15, -0.1) is 0 Å². The number of halogens is 1. The van der Waals surface area contributed by atoms with Crippen LogP contribution >= 0.6 is 0 Å². The normalized spacial score (nSPS) is 25.5. The fraction of sp³-hybridized carbons (Fsp3) is 0.765. The smallest absolute Gasteiger partial charge is 0.259 e. The van der Waals surface area contributed by atoms with E-state index >= 15 is 4.39 Å². The van der Waals surface area contributed by atoms with Crippen molar-refractivity contribution in [2.24, 2.45) is 5.92 Å². The molecule has 1 aliphatic heterocycles. The van der Waals surface area contributed by atoms with Gasteiger partial charge in [0, 0.05) is 37.9 Å². The van der Waals surface area contributed by atoms with Crippen molar-refractivity contribution in [2.75, 3.05) is 19.6 Å². The third-order valence-electron chi connectivity index (χ3n) is 4.94. The van der Waals surface area contributed by atoms with E-state index in [0.717, 1.165) is 37.2 Å². The van der Waals surface area contributed by atoms with Gasteiger partial charge in [-0.05, 0) is 52.0 Å². The van der Waals surface area contributed by atoms with Gasteiger partial charge >= 0.3 is 0 Å².